The van der Waals surface area contributed by atoms with Crippen LogP contribution in [-0.2, 0) is 10.4 Å². The van der Waals surface area contributed by atoms with Crippen molar-refractivity contribution in [3.63, 3.8) is 0 Å². The van der Waals surface area contributed by atoms with Crippen molar-refractivity contribution in [2.75, 3.05) is 13.7 Å². The van der Waals surface area contributed by atoms with E-state index >= 15 is 0 Å². The summed E-state index contributed by atoms with van der Waals surface area (Å²) < 4.78 is 16.3. The summed E-state index contributed by atoms with van der Waals surface area (Å²) in [5, 5.41) is 15.6. The number of carbonyl (C=O) groups excluding carboxylic acids is 2. The van der Waals surface area contributed by atoms with Crippen molar-refractivity contribution in [2.24, 2.45) is 5.10 Å². The molecule has 0 aromatic heterocycles. The predicted molar refractivity (Wildman–Crippen MR) is 147 cm³/mol. The lowest BCUT2D eigenvalue weighted by atomic mass is 9.85. The second-order valence-electron chi connectivity index (χ2n) is 8.40. The molecule has 0 saturated heterocycles. The van der Waals surface area contributed by atoms with Crippen LogP contribution in [0.4, 0.5) is 0 Å². The van der Waals surface area contributed by atoms with Crippen molar-refractivity contribution in [2.45, 2.75) is 12.5 Å². The summed E-state index contributed by atoms with van der Waals surface area (Å²) in [6.07, 6.45) is 1.41. The molecule has 0 fully saturated rings. The van der Waals surface area contributed by atoms with Gasteiger partial charge in [0.25, 0.3) is 5.91 Å². The summed E-state index contributed by atoms with van der Waals surface area (Å²) in [7, 11) is 1.55. The molecule has 198 valence electrons. The molecule has 2 N–H and O–H groups in total. The number of hydrogen-bond donors (Lipinski definition) is 2. The van der Waals surface area contributed by atoms with Crippen LogP contribution >= 0.6 is 0 Å². The van der Waals surface area contributed by atoms with E-state index in [-0.39, 0.29) is 5.75 Å². The number of aliphatic hydroxyl groups is 1. The first kappa shape index (κ1) is 27.1. The van der Waals surface area contributed by atoms with E-state index in [1.54, 1.807) is 110 Å². The van der Waals surface area contributed by atoms with E-state index in [1.165, 1.54) is 6.21 Å². The summed E-state index contributed by atoms with van der Waals surface area (Å²) in [4.78, 5) is 25.8. The maximum absolute atomic E-state index is 13.2. The zero-order valence-electron chi connectivity index (χ0n) is 21.5. The highest BCUT2D eigenvalue weighted by Gasteiger charge is 2.39. The molecule has 0 radical (unpaired) electrons. The monoisotopic (exact) mass is 524 g/mol. The van der Waals surface area contributed by atoms with Crippen LogP contribution < -0.4 is 19.6 Å². The molecule has 0 aliphatic heterocycles. The summed E-state index contributed by atoms with van der Waals surface area (Å²) in [6, 6.07) is 28.7. The second-order valence-corrected chi connectivity index (χ2v) is 8.40. The maximum atomic E-state index is 13.2. The lowest BCUT2D eigenvalue weighted by Crippen LogP contribution is -2.43. The number of benzene rings is 4. The average molecular weight is 525 g/mol. The van der Waals surface area contributed by atoms with Gasteiger partial charge in [0.15, 0.2) is 17.1 Å². The van der Waals surface area contributed by atoms with Crippen molar-refractivity contribution in [1.29, 1.82) is 0 Å². The van der Waals surface area contributed by atoms with Gasteiger partial charge in [-0.15, -0.1) is 0 Å². The standard InChI is InChI=1S/C31H28N2O6/c1-3-38-28-20-22(14-19-27(28)39-29(34)23-15-17-26(37-2)18-16-23)21-32-33-30(35)31(36,24-10-6-4-7-11-24)25-12-8-5-9-13-25/h4-21,36H,3H2,1-2H3,(H,33,35)/b32-21-. The Bertz CT molecular complexity index is 1400. The number of hydrogen-bond acceptors (Lipinski definition) is 7. The van der Waals surface area contributed by atoms with Gasteiger partial charge in [0, 0.05) is 0 Å². The molecule has 8 nitrogen and oxygen atoms in total. The molecule has 0 spiro atoms. The molecule has 0 aliphatic rings. The molecule has 39 heavy (non-hydrogen) atoms. The van der Waals surface area contributed by atoms with Gasteiger partial charge >= 0.3 is 5.97 Å². The van der Waals surface area contributed by atoms with Crippen molar-refractivity contribution >= 4 is 18.1 Å². The Morgan fingerprint density at radius 2 is 1.49 bits per heavy atom. The number of amides is 1. The summed E-state index contributed by atoms with van der Waals surface area (Å²) in [6.45, 7) is 2.15. The quantitative estimate of drug-likeness (QED) is 0.135. The third kappa shape index (κ3) is 6.31. The topological polar surface area (TPSA) is 106 Å². The molecule has 0 saturated carbocycles. The molecular formula is C31H28N2O6. The summed E-state index contributed by atoms with van der Waals surface area (Å²) in [5.41, 5.74) is 2.24. The van der Waals surface area contributed by atoms with Crippen LogP contribution in [0.3, 0.4) is 0 Å². The Hall–Kier alpha value is -4.95. The zero-order chi connectivity index (χ0) is 27.7. The van der Waals surface area contributed by atoms with E-state index in [0.717, 1.165) is 0 Å². The van der Waals surface area contributed by atoms with Gasteiger partial charge in [-0.1, -0.05) is 60.7 Å². The van der Waals surface area contributed by atoms with E-state index in [4.69, 9.17) is 14.2 Å². The lowest BCUT2D eigenvalue weighted by molar-refractivity contribution is -0.136. The van der Waals surface area contributed by atoms with Crippen molar-refractivity contribution in [1.82, 2.24) is 5.43 Å². The lowest BCUT2D eigenvalue weighted by Gasteiger charge is -2.27. The van der Waals surface area contributed by atoms with Crippen LogP contribution in [0, 0.1) is 0 Å². The molecular weight excluding hydrogens is 496 g/mol. The first-order valence-corrected chi connectivity index (χ1v) is 12.3. The molecule has 0 bridgehead atoms. The van der Waals surface area contributed by atoms with Crippen molar-refractivity contribution in [3.8, 4) is 17.2 Å². The number of methoxy groups -OCH3 is 1. The van der Waals surface area contributed by atoms with Crippen LogP contribution in [0.1, 0.15) is 34.0 Å². The van der Waals surface area contributed by atoms with E-state index in [1.807, 2.05) is 6.92 Å². The Morgan fingerprint density at radius 1 is 0.872 bits per heavy atom. The number of carbonyl (C=O) groups is 2. The third-order valence-corrected chi connectivity index (χ3v) is 5.89. The first-order valence-electron chi connectivity index (χ1n) is 12.3. The van der Waals surface area contributed by atoms with Gasteiger partial charge in [-0.3, -0.25) is 4.79 Å². The van der Waals surface area contributed by atoms with E-state index in [2.05, 4.69) is 10.5 Å². The minimum Gasteiger partial charge on any atom is -0.497 e. The van der Waals surface area contributed by atoms with E-state index in [0.29, 0.717) is 40.4 Å². The van der Waals surface area contributed by atoms with Crippen LogP contribution in [0.5, 0.6) is 17.2 Å². The number of rotatable bonds is 10. The minimum atomic E-state index is -1.95. The number of nitrogens with one attached hydrogen (secondary N) is 1. The van der Waals surface area contributed by atoms with Crippen LogP contribution in [0.25, 0.3) is 0 Å². The van der Waals surface area contributed by atoms with Crippen LogP contribution in [0.2, 0.25) is 0 Å². The van der Waals surface area contributed by atoms with Gasteiger partial charge in [0.2, 0.25) is 0 Å². The largest absolute Gasteiger partial charge is 0.497 e. The minimum absolute atomic E-state index is 0.237. The molecule has 0 atom stereocenters. The van der Waals surface area contributed by atoms with E-state index < -0.39 is 17.5 Å². The van der Waals surface area contributed by atoms with Gasteiger partial charge in [-0.05, 0) is 66.1 Å². The number of hydrazone groups is 1. The van der Waals surface area contributed by atoms with Crippen LogP contribution in [-0.4, -0.2) is 36.9 Å². The van der Waals surface area contributed by atoms with Crippen LogP contribution in [0.15, 0.2) is 108 Å². The maximum Gasteiger partial charge on any atom is 0.343 e. The summed E-state index contributed by atoms with van der Waals surface area (Å²) in [5.74, 6) is -0.0658. The fraction of sp³-hybridized carbons (Fsp3) is 0.129. The molecule has 4 rings (SSSR count). The Labute approximate surface area is 226 Å². The van der Waals surface area contributed by atoms with Gasteiger partial charge in [0.1, 0.15) is 5.75 Å². The Balaban J connectivity index is 1.51. The fourth-order valence-corrected chi connectivity index (χ4v) is 3.88. The molecule has 0 heterocycles. The van der Waals surface area contributed by atoms with Crippen molar-refractivity contribution in [3.05, 3.63) is 125 Å². The fourth-order valence-electron chi connectivity index (χ4n) is 3.88. The van der Waals surface area contributed by atoms with Gasteiger partial charge in [-0.2, -0.15) is 5.10 Å². The molecule has 0 unspecified atom stereocenters. The normalized spacial score (nSPS) is 11.2. The highest BCUT2D eigenvalue weighted by atomic mass is 16.6. The average Bonchev–Trinajstić information content (AvgIpc) is 2.99. The predicted octanol–water partition coefficient (Wildman–Crippen LogP) is 4.70. The molecule has 4 aromatic rings. The third-order valence-electron chi connectivity index (χ3n) is 5.89. The molecule has 0 aliphatic carbocycles. The molecule has 1 amide bonds. The first-order chi connectivity index (χ1) is 19.0. The molecule has 4 aromatic carbocycles. The van der Waals surface area contributed by atoms with Gasteiger partial charge < -0.3 is 19.3 Å². The summed E-state index contributed by atoms with van der Waals surface area (Å²) >= 11 is 0. The zero-order valence-corrected chi connectivity index (χ0v) is 21.5. The number of nitrogens with zero attached hydrogens (tertiary/aromatic N) is 1. The van der Waals surface area contributed by atoms with Gasteiger partial charge in [0.05, 0.1) is 25.5 Å². The van der Waals surface area contributed by atoms with Crippen molar-refractivity contribution < 1.29 is 28.9 Å². The second kappa shape index (κ2) is 12.5. The van der Waals surface area contributed by atoms with E-state index in [9.17, 15) is 14.7 Å². The highest BCUT2D eigenvalue weighted by molar-refractivity contribution is 5.92. The number of ether oxygens (including phenoxy) is 3. The SMILES string of the molecule is CCOc1cc(/C=N\NC(=O)C(O)(c2ccccc2)c2ccccc2)ccc1OC(=O)c1ccc(OC)cc1. The highest BCUT2D eigenvalue weighted by Crippen LogP contribution is 2.31. The molecule has 8 heteroatoms. The number of esters is 1. The Morgan fingerprint density at radius 3 is 2.05 bits per heavy atom. The Kier molecular flexibility index (Phi) is 8.71. The smallest absolute Gasteiger partial charge is 0.343 e. The van der Waals surface area contributed by atoms with Gasteiger partial charge in [-0.25, -0.2) is 10.2 Å².